The smallest absolute Gasteiger partial charge is 0.0621 e. The molecule has 0 aromatic carbocycles. The van der Waals surface area contributed by atoms with Crippen molar-refractivity contribution in [2.45, 2.75) is 6.04 Å². The van der Waals surface area contributed by atoms with E-state index in [1.165, 1.54) is 0 Å². The van der Waals surface area contributed by atoms with Gasteiger partial charge in [0.25, 0.3) is 0 Å². The summed E-state index contributed by atoms with van der Waals surface area (Å²) in [5.74, 6) is 0.398. The highest BCUT2D eigenvalue weighted by atomic mass is 16.5. The summed E-state index contributed by atoms with van der Waals surface area (Å²) in [6, 6.07) is 0.181. The van der Waals surface area contributed by atoms with Gasteiger partial charge in [-0.25, -0.2) is 0 Å². The Morgan fingerprint density at radius 1 is 1.50 bits per heavy atom. The first-order valence-electron chi connectivity index (χ1n) is 2.88. The zero-order valence-electron chi connectivity index (χ0n) is 4.84. The number of hydrogen-bond donors (Lipinski definition) is 2. The molecule has 1 saturated heterocycles. The zero-order chi connectivity index (χ0) is 5.98. The van der Waals surface area contributed by atoms with E-state index < -0.39 is 0 Å². The monoisotopic (exact) mass is 116 g/mol. The fourth-order valence-corrected chi connectivity index (χ4v) is 0.858. The van der Waals surface area contributed by atoms with E-state index in [-0.39, 0.29) is 6.04 Å². The van der Waals surface area contributed by atoms with Crippen molar-refractivity contribution in [2.24, 2.45) is 17.4 Å². The van der Waals surface area contributed by atoms with Crippen LogP contribution in [0.3, 0.4) is 0 Å². The van der Waals surface area contributed by atoms with Crippen LogP contribution in [-0.2, 0) is 4.74 Å². The molecule has 0 radical (unpaired) electrons. The van der Waals surface area contributed by atoms with Crippen LogP contribution < -0.4 is 11.5 Å². The van der Waals surface area contributed by atoms with E-state index in [2.05, 4.69) is 0 Å². The van der Waals surface area contributed by atoms with Gasteiger partial charge in [0.2, 0.25) is 0 Å². The minimum Gasteiger partial charge on any atom is -0.379 e. The number of ether oxygens (including phenoxy) is 1. The van der Waals surface area contributed by atoms with Gasteiger partial charge >= 0.3 is 0 Å². The summed E-state index contributed by atoms with van der Waals surface area (Å²) in [6.07, 6.45) is 0. The molecule has 0 spiro atoms. The first kappa shape index (κ1) is 6.01. The van der Waals surface area contributed by atoms with E-state index in [1.807, 2.05) is 0 Å². The van der Waals surface area contributed by atoms with Gasteiger partial charge in [-0.3, -0.25) is 0 Å². The maximum absolute atomic E-state index is 5.58. The molecule has 48 valence electrons. The quantitative estimate of drug-likeness (QED) is 0.458. The minimum atomic E-state index is 0.181. The van der Waals surface area contributed by atoms with Crippen LogP contribution in [0.1, 0.15) is 0 Å². The minimum absolute atomic E-state index is 0.181. The standard InChI is InChI=1S/C5H12N2O/c6-1-4-2-8-3-5(4)7/h4-5H,1-3,6-7H2/t4-,5+/m1/s1. The molecule has 0 aliphatic carbocycles. The highest BCUT2D eigenvalue weighted by molar-refractivity contribution is 4.77. The molecule has 1 aliphatic rings. The van der Waals surface area contributed by atoms with E-state index in [0.29, 0.717) is 19.1 Å². The second-order valence-electron chi connectivity index (χ2n) is 2.20. The summed E-state index contributed by atoms with van der Waals surface area (Å²) in [7, 11) is 0. The van der Waals surface area contributed by atoms with Crippen molar-refractivity contribution in [3.63, 3.8) is 0 Å². The van der Waals surface area contributed by atoms with Gasteiger partial charge in [-0.15, -0.1) is 0 Å². The van der Waals surface area contributed by atoms with Crippen molar-refractivity contribution in [1.29, 1.82) is 0 Å². The Labute approximate surface area is 49.0 Å². The summed E-state index contributed by atoms with van der Waals surface area (Å²) in [6.45, 7) is 2.08. The summed E-state index contributed by atoms with van der Waals surface area (Å²) >= 11 is 0. The lowest BCUT2D eigenvalue weighted by Crippen LogP contribution is -2.33. The molecule has 1 aliphatic heterocycles. The third kappa shape index (κ3) is 0.992. The van der Waals surface area contributed by atoms with Crippen molar-refractivity contribution in [1.82, 2.24) is 0 Å². The van der Waals surface area contributed by atoms with E-state index in [0.717, 1.165) is 6.61 Å². The van der Waals surface area contributed by atoms with Crippen molar-refractivity contribution in [3.8, 4) is 0 Å². The topological polar surface area (TPSA) is 61.3 Å². The third-order valence-corrected chi connectivity index (χ3v) is 1.55. The lowest BCUT2D eigenvalue weighted by atomic mass is 10.1. The van der Waals surface area contributed by atoms with E-state index >= 15 is 0 Å². The van der Waals surface area contributed by atoms with Crippen LogP contribution in [0, 0.1) is 5.92 Å². The molecule has 1 heterocycles. The normalized spacial score (nSPS) is 38.2. The van der Waals surface area contributed by atoms with Gasteiger partial charge in [0, 0.05) is 12.0 Å². The average Bonchev–Trinajstić information content (AvgIpc) is 2.14. The Balaban J connectivity index is 2.30. The van der Waals surface area contributed by atoms with Crippen molar-refractivity contribution in [2.75, 3.05) is 19.8 Å². The van der Waals surface area contributed by atoms with Crippen molar-refractivity contribution < 1.29 is 4.74 Å². The Bertz CT molecular complexity index is 76.8. The molecule has 2 atom stereocenters. The first-order chi connectivity index (χ1) is 3.84. The molecule has 1 fully saturated rings. The van der Waals surface area contributed by atoms with Gasteiger partial charge in [0.15, 0.2) is 0 Å². The van der Waals surface area contributed by atoms with Crippen LogP contribution in [0.4, 0.5) is 0 Å². The molecule has 1 rings (SSSR count). The fraction of sp³-hybridized carbons (Fsp3) is 1.00. The SMILES string of the molecule is NC[C@@H]1COC[C@@H]1N. The third-order valence-electron chi connectivity index (χ3n) is 1.55. The van der Waals surface area contributed by atoms with Crippen molar-refractivity contribution in [3.05, 3.63) is 0 Å². The molecule has 8 heavy (non-hydrogen) atoms. The lowest BCUT2D eigenvalue weighted by molar-refractivity contribution is 0.185. The van der Waals surface area contributed by atoms with Gasteiger partial charge in [0.05, 0.1) is 13.2 Å². The van der Waals surface area contributed by atoms with Crippen LogP contribution in [0.15, 0.2) is 0 Å². The van der Waals surface area contributed by atoms with Gasteiger partial charge in [-0.2, -0.15) is 0 Å². The average molecular weight is 116 g/mol. The maximum Gasteiger partial charge on any atom is 0.0621 e. The van der Waals surface area contributed by atoms with Gasteiger partial charge in [-0.1, -0.05) is 0 Å². The van der Waals surface area contributed by atoms with Gasteiger partial charge in [-0.05, 0) is 6.54 Å². The second kappa shape index (κ2) is 2.44. The Morgan fingerprint density at radius 3 is 2.50 bits per heavy atom. The molecule has 0 amide bonds. The van der Waals surface area contributed by atoms with Crippen LogP contribution in [-0.4, -0.2) is 25.8 Å². The first-order valence-corrected chi connectivity index (χ1v) is 2.88. The van der Waals surface area contributed by atoms with Crippen LogP contribution >= 0.6 is 0 Å². The van der Waals surface area contributed by atoms with Gasteiger partial charge in [0.1, 0.15) is 0 Å². The van der Waals surface area contributed by atoms with E-state index in [9.17, 15) is 0 Å². The summed E-state index contributed by atoms with van der Waals surface area (Å²) in [4.78, 5) is 0. The van der Waals surface area contributed by atoms with E-state index in [4.69, 9.17) is 16.2 Å². The molecular formula is C5H12N2O. The number of nitrogens with two attached hydrogens (primary N) is 2. The summed E-state index contributed by atoms with van der Waals surface area (Å²) in [5.41, 5.74) is 10.9. The van der Waals surface area contributed by atoms with Crippen LogP contribution in [0.2, 0.25) is 0 Å². The molecule has 4 N–H and O–H groups in total. The molecular weight excluding hydrogens is 104 g/mol. The Kier molecular flexibility index (Phi) is 1.83. The van der Waals surface area contributed by atoms with E-state index in [1.54, 1.807) is 0 Å². The zero-order valence-corrected chi connectivity index (χ0v) is 4.84. The molecule has 0 aromatic rings. The molecule has 3 nitrogen and oxygen atoms in total. The van der Waals surface area contributed by atoms with Gasteiger partial charge < -0.3 is 16.2 Å². The maximum atomic E-state index is 5.58. The summed E-state index contributed by atoms with van der Waals surface area (Å²) < 4.78 is 5.06. The fourth-order valence-electron chi connectivity index (χ4n) is 0.858. The molecule has 0 bridgehead atoms. The Hall–Kier alpha value is -0.120. The molecule has 0 aromatic heterocycles. The highest BCUT2D eigenvalue weighted by Crippen LogP contribution is 2.08. The lowest BCUT2D eigenvalue weighted by Gasteiger charge is -2.07. The molecule has 0 unspecified atom stereocenters. The molecule has 3 heteroatoms. The Morgan fingerprint density at radius 2 is 2.25 bits per heavy atom. The van der Waals surface area contributed by atoms with Crippen LogP contribution in [0.25, 0.3) is 0 Å². The number of rotatable bonds is 1. The summed E-state index contributed by atoms with van der Waals surface area (Å²) in [5, 5.41) is 0. The number of hydrogen-bond acceptors (Lipinski definition) is 3. The second-order valence-corrected chi connectivity index (χ2v) is 2.20. The largest absolute Gasteiger partial charge is 0.379 e. The van der Waals surface area contributed by atoms with Crippen molar-refractivity contribution >= 4 is 0 Å². The van der Waals surface area contributed by atoms with Crippen LogP contribution in [0.5, 0.6) is 0 Å². The molecule has 0 saturated carbocycles. The predicted molar refractivity (Wildman–Crippen MR) is 31.3 cm³/mol. The predicted octanol–water partition coefficient (Wildman–Crippen LogP) is -1.08. The highest BCUT2D eigenvalue weighted by Gasteiger charge is 2.22.